The predicted octanol–water partition coefficient (Wildman–Crippen LogP) is 2.24. The molecule has 1 aromatic carbocycles. The highest BCUT2D eigenvalue weighted by molar-refractivity contribution is 5.88. The van der Waals surface area contributed by atoms with Gasteiger partial charge < -0.3 is 14.4 Å². The van der Waals surface area contributed by atoms with Gasteiger partial charge in [-0.2, -0.15) is 0 Å². The third-order valence-corrected chi connectivity index (χ3v) is 2.06. The number of benzene rings is 1. The molecular formula is C10H9NO3. The lowest BCUT2D eigenvalue weighted by Gasteiger charge is -1.95. The molecule has 0 spiro atoms. The van der Waals surface area contributed by atoms with Gasteiger partial charge in [-0.3, -0.25) is 0 Å². The van der Waals surface area contributed by atoms with Gasteiger partial charge in [0.2, 0.25) is 0 Å². The fourth-order valence-electron chi connectivity index (χ4n) is 1.48. The normalized spacial score (nSPS) is 10.4. The molecule has 0 amide bonds. The molecule has 0 atom stereocenters. The number of fused-ring (bicyclic) bond motifs is 1. The van der Waals surface area contributed by atoms with Crippen molar-refractivity contribution in [1.82, 2.24) is 4.57 Å². The van der Waals surface area contributed by atoms with E-state index in [0.29, 0.717) is 5.75 Å². The third-order valence-electron chi connectivity index (χ3n) is 2.06. The summed E-state index contributed by atoms with van der Waals surface area (Å²) in [4.78, 5) is 10.4. The molecular weight excluding hydrogens is 182 g/mol. The molecule has 0 saturated heterocycles. The highest BCUT2D eigenvalue weighted by atomic mass is 16.7. The van der Waals surface area contributed by atoms with Gasteiger partial charge in [0.25, 0.3) is 0 Å². The van der Waals surface area contributed by atoms with E-state index >= 15 is 0 Å². The smallest absolute Gasteiger partial charge is 0.449 e. The molecule has 72 valence electrons. The summed E-state index contributed by atoms with van der Waals surface area (Å²) in [6, 6.07) is 7.47. The number of aryl methyl sites for hydroxylation is 1. The van der Waals surface area contributed by atoms with Crippen molar-refractivity contribution in [2.24, 2.45) is 7.05 Å². The van der Waals surface area contributed by atoms with Crippen LogP contribution < -0.4 is 4.74 Å². The number of hydrogen-bond donors (Lipinski definition) is 1. The van der Waals surface area contributed by atoms with Gasteiger partial charge in [-0.05, 0) is 12.1 Å². The molecule has 0 saturated carbocycles. The van der Waals surface area contributed by atoms with Gasteiger partial charge in [-0.1, -0.05) is 12.1 Å². The van der Waals surface area contributed by atoms with Crippen molar-refractivity contribution in [3.63, 3.8) is 0 Å². The van der Waals surface area contributed by atoms with Gasteiger partial charge in [0.05, 0.1) is 5.52 Å². The molecule has 0 aliphatic heterocycles. The van der Waals surface area contributed by atoms with Gasteiger partial charge in [-0.15, -0.1) is 0 Å². The predicted molar refractivity (Wildman–Crippen MR) is 51.6 cm³/mol. The van der Waals surface area contributed by atoms with E-state index in [9.17, 15) is 4.79 Å². The van der Waals surface area contributed by atoms with E-state index < -0.39 is 6.16 Å². The Balaban J connectivity index is 2.60. The van der Waals surface area contributed by atoms with E-state index in [1.807, 2.05) is 35.9 Å². The van der Waals surface area contributed by atoms with Crippen molar-refractivity contribution in [3.05, 3.63) is 30.5 Å². The van der Waals surface area contributed by atoms with Crippen LogP contribution in [-0.4, -0.2) is 15.8 Å². The Hall–Kier alpha value is -1.97. The minimum atomic E-state index is -1.29. The van der Waals surface area contributed by atoms with Gasteiger partial charge in [-0.25, -0.2) is 4.79 Å². The maximum absolute atomic E-state index is 10.4. The SMILES string of the molecule is Cn1cc(OC(=O)O)c2ccccc21. The quantitative estimate of drug-likeness (QED) is 0.703. The van der Waals surface area contributed by atoms with E-state index in [2.05, 4.69) is 4.74 Å². The van der Waals surface area contributed by atoms with Crippen LogP contribution in [0.4, 0.5) is 4.79 Å². The van der Waals surface area contributed by atoms with Crippen molar-refractivity contribution < 1.29 is 14.6 Å². The molecule has 0 aliphatic rings. The van der Waals surface area contributed by atoms with Crippen LogP contribution in [0.2, 0.25) is 0 Å². The molecule has 0 fully saturated rings. The first-order chi connectivity index (χ1) is 6.68. The second-order valence-corrected chi connectivity index (χ2v) is 2.99. The standard InChI is InChI=1S/C10H9NO3/c1-11-6-9(14-10(12)13)7-4-2-3-5-8(7)11/h2-6H,1H3,(H,12,13). The van der Waals surface area contributed by atoms with Gasteiger partial charge >= 0.3 is 6.16 Å². The molecule has 1 heterocycles. The van der Waals surface area contributed by atoms with E-state index in [1.165, 1.54) is 0 Å². The molecule has 4 heteroatoms. The highest BCUT2D eigenvalue weighted by Gasteiger charge is 2.09. The van der Waals surface area contributed by atoms with Crippen LogP contribution in [0.1, 0.15) is 0 Å². The van der Waals surface area contributed by atoms with Gasteiger partial charge in [0.15, 0.2) is 5.75 Å². The van der Waals surface area contributed by atoms with Crippen LogP contribution in [0.3, 0.4) is 0 Å². The largest absolute Gasteiger partial charge is 0.511 e. The topological polar surface area (TPSA) is 51.5 Å². The lowest BCUT2D eigenvalue weighted by atomic mass is 10.2. The van der Waals surface area contributed by atoms with E-state index in [1.54, 1.807) is 6.20 Å². The van der Waals surface area contributed by atoms with Crippen LogP contribution in [-0.2, 0) is 7.05 Å². The summed E-state index contributed by atoms with van der Waals surface area (Å²) in [5, 5.41) is 9.31. The van der Waals surface area contributed by atoms with Crippen LogP contribution in [0, 0.1) is 0 Å². The lowest BCUT2D eigenvalue weighted by Crippen LogP contribution is -2.02. The van der Waals surface area contributed by atoms with Gasteiger partial charge in [0, 0.05) is 18.6 Å². The summed E-state index contributed by atoms with van der Waals surface area (Å²) in [7, 11) is 1.84. The van der Waals surface area contributed by atoms with Crippen molar-refractivity contribution in [2.75, 3.05) is 0 Å². The highest BCUT2D eigenvalue weighted by Crippen LogP contribution is 2.26. The Kier molecular flexibility index (Phi) is 1.89. The molecule has 2 aromatic rings. The molecule has 1 aromatic heterocycles. The minimum absolute atomic E-state index is 0.371. The van der Waals surface area contributed by atoms with Crippen molar-refractivity contribution in [3.8, 4) is 5.75 Å². The maximum atomic E-state index is 10.4. The number of para-hydroxylation sites is 1. The number of carbonyl (C=O) groups is 1. The van der Waals surface area contributed by atoms with Crippen LogP contribution >= 0.6 is 0 Å². The minimum Gasteiger partial charge on any atom is -0.449 e. The van der Waals surface area contributed by atoms with E-state index in [4.69, 9.17) is 5.11 Å². The number of nitrogens with zero attached hydrogens (tertiary/aromatic N) is 1. The molecule has 1 N–H and O–H groups in total. The molecule has 14 heavy (non-hydrogen) atoms. The van der Waals surface area contributed by atoms with Crippen molar-refractivity contribution in [1.29, 1.82) is 0 Å². The Bertz CT molecular complexity index is 487. The second-order valence-electron chi connectivity index (χ2n) is 2.99. The first-order valence-corrected chi connectivity index (χ1v) is 4.13. The number of rotatable bonds is 1. The number of ether oxygens (including phenoxy) is 1. The third kappa shape index (κ3) is 1.31. The second kappa shape index (κ2) is 3.06. The Labute approximate surface area is 80.3 Å². The zero-order chi connectivity index (χ0) is 10.1. The molecule has 0 radical (unpaired) electrons. The first-order valence-electron chi connectivity index (χ1n) is 4.13. The Morgan fingerprint density at radius 3 is 2.86 bits per heavy atom. The zero-order valence-electron chi connectivity index (χ0n) is 7.60. The Morgan fingerprint density at radius 1 is 1.43 bits per heavy atom. The summed E-state index contributed by atoms with van der Waals surface area (Å²) >= 11 is 0. The van der Waals surface area contributed by atoms with Crippen molar-refractivity contribution >= 4 is 17.1 Å². The monoisotopic (exact) mass is 191 g/mol. The molecule has 0 unspecified atom stereocenters. The lowest BCUT2D eigenvalue weighted by molar-refractivity contribution is 0.145. The fourth-order valence-corrected chi connectivity index (χ4v) is 1.48. The zero-order valence-corrected chi connectivity index (χ0v) is 7.60. The number of aromatic nitrogens is 1. The summed E-state index contributed by atoms with van der Waals surface area (Å²) in [5.41, 5.74) is 0.948. The van der Waals surface area contributed by atoms with Crippen LogP contribution in [0.15, 0.2) is 30.5 Å². The summed E-state index contributed by atoms with van der Waals surface area (Å²) < 4.78 is 6.47. The number of hydrogen-bond acceptors (Lipinski definition) is 2. The summed E-state index contributed by atoms with van der Waals surface area (Å²) in [6.07, 6.45) is 0.361. The van der Waals surface area contributed by atoms with Crippen molar-refractivity contribution in [2.45, 2.75) is 0 Å². The maximum Gasteiger partial charge on any atom is 0.511 e. The average molecular weight is 191 g/mol. The van der Waals surface area contributed by atoms with E-state index in [-0.39, 0.29) is 0 Å². The molecule has 4 nitrogen and oxygen atoms in total. The summed E-state index contributed by atoms with van der Waals surface area (Å²) in [5.74, 6) is 0.371. The van der Waals surface area contributed by atoms with Crippen LogP contribution in [0.25, 0.3) is 10.9 Å². The summed E-state index contributed by atoms with van der Waals surface area (Å²) in [6.45, 7) is 0. The molecule has 0 aliphatic carbocycles. The molecule has 2 rings (SSSR count). The van der Waals surface area contributed by atoms with Crippen LogP contribution in [0.5, 0.6) is 5.75 Å². The Morgan fingerprint density at radius 2 is 2.14 bits per heavy atom. The average Bonchev–Trinajstić information content (AvgIpc) is 2.44. The first kappa shape index (κ1) is 8.62. The molecule has 0 bridgehead atoms. The number of carboxylic acid groups (broad SMARTS) is 1. The fraction of sp³-hybridized carbons (Fsp3) is 0.100. The van der Waals surface area contributed by atoms with Gasteiger partial charge in [0.1, 0.15) is 0 Å². The van der Waals surface area contributed by atoms with E-state index in [0.717, 1.165) is 10.9 Å².